The third-order valence-corrected chi connectivity index (χ3v) is 5.82. The molecule has 12 heteroatoms. The number of carbonyl (C=O) groups excluding carboxylic acids is 2. The monoisotopic (exact) mass is 469 g/mol. The molecule has 0 aliphatic carbocycles. The number of nitrogens with one attached hydrogen (secondary N) is 1. The number of sulfone groups is 1. The molecule has 1 fully saturated rings. The fourth-order valence-corrected chi connectivity index (χ4v) is 4.25. The number of alkyl carbamates (subject to hydrolysis) is 1. The molecule has 0 atom stereocenters. The lowest BCUT2D eigenvalue weighted by molar-refractivity contribution is 0.0497. The van der Waals surface area contributed by atoms with Gasteiger partial charge in [0.1, 0.15) is 11.4 Å². The van der Waals surface area contributed by atoms with E-state index in [0.29, 0.717) is 31.6 Å². The number of methoxy groups -OCH3 is 1. The average molecular weight is 470 g/mol. The number of nitrogens with two attached hydrogens (primary N) is 2. The summed E-state index contributed by atoms with van der Waals surface area (Å²) < 4.78 is 35.6. The van der Waals surface area contributed by atoms with E-state index in [1.54, 1.807) is 20.8 Å². The van der Waals surface area contributed by atoms with Crippen LogP contribution < -0.4 is 26.4 Å². The van der Waals surface area contributed by atoms with E-state index >= 15 is 0 Å². The van der Waals surface area contributed by atoms with E-state index in [1.807, 2.05) is 4.90 Å². The number of anilines is 1. The maximum absolute atomic E-state index is 12.5. The lowest BCUT2D eigenvalue weighted by Gasteiger charge is -2.35. The normalized spacial score (nSPS) is 15.1. The van der Waals surface area contributed by atoms with Crippen molar-refractivity contribution in [2.75, 3.05) is 31.4 Å². The van der Waals surface area contributed by atoms with Crippen LogP contribution in [0.2, 0.25) is 0 Å². The number of guanidine groups is 1. The van der Waals surface area contributed by atoms with Crippen LogP contribution in [0.4, 0.5) is 10.5 Å². The molecule has 0 bridgehead atoms. The van der Waals surface area contributed by atoms with Gasteiger partial charge in [-0.25, -0.2) is 13.2 Å². The van der Waals surface area contributed by atoms with E-state index in [1.165, 1.54) is 19.2 Å². The number of hydrogen-bond acceptors (Lipinski definition) is 7. The first-order valence-corrected chi connectivity index (χ1v) is 11.9. The van der Waals surface area contributed by atoms with Crippen LogP contribution in [0.15, 0.2) is 22.0 Å². The second-order valence-electron chi connectivity index (χ2n) is 8.54. The summed E-state index contributed by atoms with van der Waals surface area (Å²) in [4.78, 5) is 29.7. The molecule has 1 aromatic rings. The van der Waals surface area contributed by atoms with Crippen LogP contribution in [-0.2, 0) is 14.6 Å². The number of hydrogen-bond donors (Lipinski definition) is 3. The van der Waals surface area contributed by atoms with Crippen molar-refractivity contribution in [1.82, 2.24) is 5.32 Å². The van der Waals surface area contributed by atoms with E-state index in [9.17, 15) is 18.0 Å². The summed E-state index contributed by atoms with van der Waals surface area (Å²) in [6.45, 7) is 6.32. The van der Waals surface area contributed by atoms with Crippen molar-refractivity contribution in [3.05, 3.63) is 17.7 Å². The Morgan fingerprint density at radius 3 is 2.25 bits per heavy atom. The van der Waals surface area contributed by atoms with Crippen molar-refractivity contribution in [2.24, 2.45) is 16.5 Å². The highest BCUT2D eigenvalue weighted by Gasteiger charge is 2.28. The van der Waals surface area contributed by atoms with E-state index in [-0.39, 0.29) is 22.3 Å². The topological polar surface area (TPSA) is 166 Å². The molecule has 32 heavy (non-hydrogen) atoms. The molecular formula is C20H31N5O6S. The van der Waals surface area contributed by atoms with Crippen LogP contribution >= 0.6 is 0 Å². The van der Waals surface area contributed by atoms with Gasteiger partial charge in [-0.15, -0.1) is 0 Å². The van der Waals surface area contributed by atoms with Gasteiger partial charge < -0.3 is 31.2 Å². The predicted octanol–water partition coefficient (Wildman–Crippen LogP) is 1.01. The van der Waals surface area contributed by atoms with E-state index in [0.717, 1.165) is 6.26 Å². The molecular weight excluding hydrogens is 438 g/mol. The largest absolute Gasteiger partial charge is 0.496 e. The van der Waals surface area contributed by atoms with Gasteiger partial charge in [-0.1, -0.05) is 0 Å². The minimum absolute atomic E-state index is 0.0361. The standard InChI is InChI=1S/C20H31N5O6S/c1-20(2,3)31-19(27)23-12-6-8-25(9-7-12)14-11-15(30-4)13(17(26)24-18(21)22)10-16(14)32(5,28)29/h10-12H,6-9H2,1-5H3,(H,23,27)(H4,21,22,24,26). The number of nitrogens with zero attached hydrogens (tertiary/aromatic N) is 2. The maximum atomic E-state index is 12.5. The lowest BCUT2D eigenvalue weighted by Crippen LogP contribution is -2.46. The first-order chi connectivity index (χ1) is 14.7. The molecule has 2 rings (SSSR count). The molecule has 1 heterocycles. The number of aliphatic imine (C=N–C) groups is 1. The summed E-state index contributed by atoms with van der Waals surface area (Å²) >= 11 is 0. The summed E-state index contributed by atoms with van der Waals surface area (Å²) in [6.07, 6.45) is 1.74. The quantitative estimate of drug-likeness (QED) is 0.421. The van der Waals surface area contributed by atoms with Gasteiger partial charge in [0.15, 0.2) is 15.8 Å². The van der Waals surface area contributed by atoms with E-state index in [2.05, 4.69) is 10.3 Å². The molecule has 1 aliphatic heterocycles. The molecule has 1 saturated heterocycles. The molecule has 0 unspecified atom stereocenters. The lowest BCUT2D eigenvalue weighted by atomic mass is 10.0. The predicted molar refractivity (Wildman–Crippen MR) is 121 cm³/mol. The Hall–Kier alpha value is -3.02. The summed E-state index contributed by atoms with van der Waals surface area (Å²) in [7, 11) is -2.33. The van der Waals surface area contributed by atoms with Gasteiger partial charge in [0.05, 0.1) is 23.3 Å². The number of amides is 2. The third kappa shape index (κ3) is 6.74. The summed E-state index contributed by atoms with van der Waals surface area (Å²) in [6, 6.07) is 2.61. The molecule has 0 spiro atoms. The van der Waals surface area contributed by atoms with Crippen molar-refractivity contribution >= 4 is 33.5 Å². The first-order valence-electron chi connectivity index (χ1n) is 10.0. The number of benzene rings is 1. The highest BCUT2D eigenvalue weighted by Crippen LogP contribution is 2.35. The van der Waals surface area contributed by atoms with Gasteiger partial charge in [-0.3, -0.25) is 4.79 Å². The minimum atomic E-state index is -3.70. The number of ether oxygens (including phenoxy) is 2. The third-order valence-electron chi connectivity index (χ3n) is 4.70. The van der Waals surface area contributed by atoms with Crippen molar-refractivity contribution in [3.63, 3.8) is 0 Å². The zero-order valence-electron chi connectivity index (χ0n) is 19.0. The number of rotatable bonds is 5. The van der Waals surface area contributed by atoms with Crippen molar-refractivity contribution in [1.29, 1.82) is 0 Å². The van der Waals surface area contributed by atoms with Gasteiger partial charge >= 0.3 is 6.09 Å². The fraction of sp³-hybridized carbons (Fsp3) is 0.550. The zero-order valence-corrected chi connectivity index (χ0v) is 19.8. The minimum Gasteiger partial charge on any atom is -0.496 e. The maximum Gasteiger partial charge on any atom is 0.407 e. The molecule has 1 aliphatic rings. The molecule has 178 valence electrons. The highest BCUT2D eigenvalue weighted by atomic mass is 32.2. The second kappa shape index (κ2) is 9.63. The number of carbonyl (C=O) groups is 2. The highest BCUT2D eigenvalue weighted by molar-refractivity contribution is 7.90. The summed E-state index contributed by atoms with van der Waals surface area (Å²) in [5.41, 5.74) is 10.3. The molecule has 0 radical (unpaired) electrons. The van der Waals surface area contributed by atoms with Gasteiger partial charge in [0.25, 0.3) is 5.91 Å². The Bertz CT molecular complexity index is 1000. The van der Waals surface area contributed by atoms with Gasteiger partial charge in [0, 0.05) is 31.5 Å². The van der Waals surface area contributed by atoms with Crippen LogP contribution in [0.25, 0.3) is 0 Å². The summed E-state index contributed by atoms with van der Waals surface area (Å²) in [5.74, 6) is -1.10. The van der Waals surface area contributed by atoms with Crippen molar-refractivity contribution in [3.8, 4) is 5.75 Å². The Morgan fingerprint density at radius 2 is 1.78 bits per heavy atom. The van der Waals surface area contributed by atoms with Gasteiger partial charge in [0.2, 0.25) is 0 Å². The van der Waals surface area contributed by atoms with Crippen molar-refractivity contribution < 1.29 is 27.5 Å². The van der Waals surface area contributed by atoms with Gasteiger partial charge in [-0.05, 0) is 39.7 Å². The van der Waals surface area contributed by atoms with Crippen molar-refractivity contribution in [2.45, 2.75) is 50.2 Å². The first kappa shape index (κ1) is 25.2. The van der Waals surface area contributed by atoms with Crippen LogP contribution in [0, 0.1) is 0 Å². The Morgan fingerprint density at radius 1 is 1.19 bits per heavy atom. The Kier molecular flexibility index (Phi) is 7.60. The molecule has 2 amide bonds. The molecule has 1 aromatic carbocycles. The molecule has 11 nitrogen and oxygen atoms in total. The van der Waals surface area contributed by atoms with Crippen LogP contribution in [0.5, 0.6) is 5.75 Å². The molecule has 0 saturated carbocycles. The second-order valence-corrected chi connectivity index (χ2v) is 10.5. The molecule has 0 aromatic heterocycles. The van der Waals surface area contributed by atoms with Crippen LogP contribution in [-0.4, -0.2) is 64.5 Å². The SMILES string of the molecule is COc1cc(N2CCC(NC(=O)OC(C)(C)C)CC2)c(S(C)(=O)=O)cc1C(=O)N=C(N)N. The van der Waals surface area contributed by atoms with E-state index in [4.69, 9.17) is 20.9 Å². The molecule has 5 N–H and O–H groups in total. The summed E-state index contributed by atoms with van der Waals surface area (Å²) in [5, 5.41) is 2.84. The van der Waals surface area contributed by atoms with E-state index < -0.39 is 33.4 Å². The number of piperidine rings is 1. The smallest absolute Gasteiger partial charge is 0.407 e. The Balaban J connectivity index is 2.29. The van der Waals surface area contributed by atoms with Gasteiger partial charge in [-0.2, -0.15) is 4.99 Å². The van der Waals surface area contributed by atoms with Crippen LogP contribution in [0.3, 0.4) is 0 Å². The van der Waals surface area contributed by atoms with Crippen LogP contribution in [0.1, 0.15) is 44.0 Å². The Labute approximate surface area is 188 Å². The average Bonchev–Trinajstić information content (AvgIpc) is 2.64. The fourth-order valence-electron chi connectivity index (χ4n) is 3.35. The zero-order chi connectivity index (χ0) is 24.3.